The van der Waals surface area contributed by atoms with Crippen molar-refractivity contribution in [1.29, 1.82) is 0 Å². The molecule has 0 radical (unpaired) electrons. The molecule has 1 aromatic heterocycles. The number of ether oxygens (including phenoxy) is 1. The van der Waals surface area contributed by atoms with E-state index in [4.69, 9.17) is 10.5 Å². The Bertz CT molecular complexity index is 570. The molecule has 2 aromatic rings. The fraction of sp³-hybridized carbons (Fsp3) is 0.214. The van der Waals surface area contributed by atoms with Gasteiger partial charge in [0.15, 0.2) is 0 Å². The number of benzene rings is 1. The first-order chi connectivity index (χ1) is 8.58. The number of nitrogens with two attached hydrogens (primary N) is 1. The molecular formula is C14H15FN2O. The van der Waals surface area contributed by atoms with Gasteiger partial charge in [-0.25, -0.2) is 9.37 Å². The predicted molar refractivity (Wildman–Crippen MR) is 68.1 cm³/mol. The van der Waals surface area contributed by atoms with Crippen molar-refractivity contribution in [2.24, 2.45) is 5.73 Å². The van der Waals surface area contributed by atoms with Gasteiger partial charge in [0.1, 0.15) is 11.6 Å². The summed E-state index contributed by atoms with van der Waals surface area (Å²) in [6, 6.07) is 8.08. The Kier molecular flexibility index (Phi) is 3.58. The highest BCUT2D eigenvalue weighted by molar-refractivity contribution is 5.36. The van der Waals surface area contributed by atoms with E-state index in [1.54, 1.807) is 19.1 Å². The Hall–Kier alpha value is -1.94. The molecule has 0 aliphatic rings. The van der Waals surface area contributed by atoms with Gasteiger partial charge in [0.2, 0.25) is 5.88 Å². The van der Waals surface area contributed by atoms with Gasteiger partial charge >= 0.3 is 0 Å². The lowest BCUT2D eigenvalue weighted by Gasteiger charge is -2.09. The van der Waals surface area contributed by atoms with Crippen LogP contribution in [0.1, 0.15) is 16.8 Å². The van der Waals surface area contributed by atoms with Crippen LogP contribution in [0.3, 0.4) is 0 Å². The SMILES string of the molecule is Cc1cc(CN)cc(Oc2ccc(F)cc2C)n1. The summed E-state index contributed by atoms with van der Waals surface area (Å²) in [4.78, 5) is 4.27. The van der Waals surface area contributed by atoms with E-state index in [1.807, 2.05) is 13.0 Å². The molecule has 0 unspecified atom stereocenters. The van der Waals surface area contributed by atoms with Gasteiger partial charge in [0.25, 0.3) is 0 Å². The highest BCUT2D eigenvalue weighted by Crippen LogP contribution is 2.25. The minimum atomic E-state index is -0.278. The molecule has 94 valence electrons. The van der Waals surface area contributed by atoms with Crippen LogP contribution < -0.4 is 10.5 Å². The highest BCUT2D eigenvalue weighted by atomic mass is 19.1. The van der Waals surface area contributed by atoms with Crippen molar-refractivity contribution < 1.29 is 9.13 Å². The average molecular weight is 246 g/mol. The number of halogens is 1. The van der Waals surface area contributed by atoms with Gasteiger partial charge in [-0.05, 0) is 49.2 Å². The molecule has 0 aliphatic heterocycles. The Morgan fingerprint density at radius 2 is 2.00 bits per heavy atom. The number of hydrogen-bond acceptors (Lipinski definition) is 3. The molecule has 18 heavy (non-hydrogen) atoms. The quantitative estimate of drug-likeness (QED) is 0.905. The monoisotopic (exact) mass is 246 g/mol. The standard InChI is InChI=1S/C14H15FN2O/c1-9-5-12(15)3-4-13(9)18-14-7-11(8-16)6-10(2)17-14/h3-7H,8,16H2,1-2H3. The van der Waals surface area contributed by atoms with Gasteiger partial charge in [-0.1, -0.05) is 0 Å². The second-order valence-corrected chi connectivity index (χ2v) is 4.17. The molecule has 0 saturated carbocycles. The lowest BCUT2D eigenvalue weighted by molar-refractivity contribution is 0.455. The van der Waals surface area contributed by atoms with E-state index in [2.05, 4.69) is 4.98 Å². The summed E-state index contributed by atoms with van der Waals surface area (Å²) < 4.78 is 18.6. The summed E-state index contributed by atoms with van der Waals surface area (Å²) in [7, 11) is 0. The topological polar surface area (TPSA) is 48.1 Å². The molecule has 4 heteroatoms. The van der Waals surface area contributed by atoms with Gasteiger partial charge in [-0.3, -0.25) is 0 Å². The van der Waals surface area contributed by atoms with Crippen molar-refractivity contribution in [3.05, 3.63) is 53.0 Å². The van der Waals surface area contributed by atoms with Crippen LogP contribution in [0.25, 0.3) is 0 Å². The van der Waals surface area contributed by atoms with Crippen LogP contribution in [0.15, 0.2) is 30.3 Å². The smallest absolute Gasteiger partial charge is 0.219 e. The molecule has 3 nitrogen and oxygen atoms in total. The minimum absolute atomic E-state index is 0.278. The second-order valence-electron chi connectivity index (χ2n) is 4.17. The minimum Gasteiger partial charge on any atom is -0.439 e. The molecular weight excluding hydrogens is 231 g/mol. The van der Waals surface area contributed by atoms with Crippen molar-refractivity contribution in [3.8, 4) is 11.6 Å². The first-order valence-electron chi connectivity index (χ1n) is 5.70. The van der Waals surface area contributed by atoms with Gasteiger partial charge < -0.3 is 10.5 Å². The van der Waals surface area contributed by atoms with E-state index in [0.717, 1.165) is 16.8 Å². The Morgan fingerprint density at radius 1 is 1.22 bits per heavy atom. The fourth-order valence-electron chi connectivity index (χ4n) is 1.72. The fourth-order valence-corrected chi connectivity index (χ4v) is 1.72. The second kappa shape index (κ2) is 5.14. The molecule has 0 amide bonds. The summed E-state index contributed by atoms with van der Waals surface area (Å²) in [5.41, 5.74) is 8.12. The van der Waals surface area contributed by atoms with Crippen LogP contribution in [0, 0.1) is 19.7 Å². The highest BCUT2D eigenvalue weighted by Gasteiger charge is 2.05. The zero-order valence-electron chi connectivity index (χ0n) is 10.4. The first kappa shape index (κ1) is 12.5. The maximum atomic E-state index is 13.0. The van der Waals surface area contributed by atoms with Crippen LogP contribution >= 0.6 is 0 Å². The van der Waals surface area contributed by atoms with Crippen LogP contribution in [0.5, 0.6) is 11.6 Å². The maximum absolute atomic E-state index is 13.0. The van der Waals surface area contributed by atoms with E-state index >= 15 is 0 Å². The zero-order valence-corrected chi connectivity index (χ0v) is 10.4. The van der Waals surface area contributed by atoms with E-state index in [0.29, 0.717) is 18.2 Å². The molecule has 1 aromatic carbocycles. The molecule has 0 aliphatic carbocycles. The predicted octanol–water partition coefficient (Wildman–Crippen LogP) is 3.09. The third-order valence-electron chi connectivity index (χ3n) is 2.58. The van der Waals surface area contributed by atoms with Crippen LogP contribution in [-0.2, 0) is 6.54 Å². The normalized spacial score (nSPS) is 10.4. The van der Waals surface area contributed by atoms with Gasteiger partial charge in [-0.2, -0.15) is 0 Å². The van der Waals surface area contributed by atoms with E-state index in [1.165, 1.54) is 12.1 Å². The summed E-state index contributed by atoms with van der Waals surface area (Å²) in [6.45, 7) is 4.10. The molecule has 0 fully saturated rings. The Morgan fingerprint density at radius 3 is 2.67 bits per heavy atom. The van der Waals surface area contributed by atoms with Crippen molar-refractivity contribution in [1.82, 2.24) is 4.98 Å². The van der Waals surface area contributed by atoms with Crippen LogP contribution in [0.4, 0.5) is 4.39 Å². The zero-order chi connectivity index (χ0) is 13.1. The number of aryl methyl sites for hydroxylation is 2. The molecule has 0 bridgehead atoms. The van der Waals surface area contributed by atoms with Crippen LogP contribution in [0.2, 0.25) is 0 Å². The molecule has 2 rings (SSSR count). The number of rotatable bonds is 3. The average Bonchev–Trinajstić information content (AvgIpc) is 2.32. The molecule has 0 atom stereocenters. The lowest BCUT2D eigenvalue weighted by Crippen LogP contribution is -2.00. The Labute approximate surface area is 105 Å². The summed E-state index contributed by atoms with van der Waals surface area (Å²) in [5, 5.41) is 0. The van der Waals surface area contributed by atoms with E-state index in [9.17, 15) is 4.39 Å². The molecule has 2 N–H and O–H groups in total. The van der Waals surface area contributed by atoms with E-state index < -0.39 is 0 Å². The lowest BCUT2D eigenvalue weighted by atomic mass is 10.2. The van der Waals surface area contributed by atoms with Crippen molar-refractivity contribution in [2.45, 2.75) is 20.4 Å². The van der Waals surface area contributed by atoms with Crippen molar-refractivity contribution in [3.63, 3.8) is 0 Å². The van der Waals surface area contributed by atoms with E-state index in [-0.39, 0.29) is 5.82 Å². The summed E-state index contributed by atoms with van der Waals surface area (Å²) in [5.74, 6) is 0.794. The third kappa shape index (κ3) is 2.84. The van der Waals surface area contributed by atoms with Gasteiger partial charge in [0.05, 0.1) is 0 Å². The Balaban J connectivity index is 2.30. The van der Waals surface area contributed by atoms with Gasteiger partial charge in [-0.15, -0.1) is 0 Å². The third-order valence-corrected chi connectivity index (χ3v) is 2.58. The number of nitrogens with zero attached hydrogens (tertiary/aromatic N) is 1. The van der Waals surface area contributed by atoms with Crippen molar-refractivity contribution in [2.75, 3.05) is 0 Å². The maximum Gasteiger partial charge on any atom is 0.219 e. The molecule has 1 heterocycles. The largest absolute Gasteiger partial charge is 0.439 e. The van der Waals surface area contributed by atoms with Crippen molar-refractivity contribution >= 4 is 0 Å². The number of hydrogen-bond donors (Lipinski definition) is 1. The summed E-state index contributed by atoms with van der Waals surface area (Å²) >= 11 is 0. The first-order valence-corrected chi connectivity index (χ1v) is 5.70. The van der Waals surface area contributed by atoms with Crippen LogP contribution in [-0.4, -0.2) is 4.98 Å². The molecule has 0 spiro atoms. The number of pyridine rings is 1. The molecule has 0 saturated heterocycles. The van der Waals surface area contributed by atoms with Gasteiger partial charge in [0, 0.05) is 18.3 Å². The number of aromatic nitrogens is 1. The summed E-state index contributed by atoms with van der Waals surface area (Å²) in [6.07, 6.45) is 0.